The number of fused-ring (bicyclic) bond motifs is 1. The first-order chi connectivity index (χ1) is 16.0. The Balaban J connectivity index is 1.42. The van der Waals surface area contributed by atoms with Crippen LogP contribution in [0.5, 0.6) is 11.5 Å². The van der Waals surface area contributed by atoms with Crippen molar-refractivity contribution in [3.05, 3.63) is 77.8 Å². The molecule has 1 aliphatic rings. The van der Waals surface area contributed by atoms with Crippen LogP contribution in [-0.2, 0) is 14.4 Å². The summed E-state index contributed by atoms with van der Waals surface area (Å²) >= 11 is 5.84. The lowest BCUT2D eigenvalue weighted by molar-refractivity contribution is -0.123. The Kier molecular flexibility index (Phi) is 6.75. The van der Waals surface area contributed by atoms with Gasteiger partial charge < -0.3 is 20.1 Å². The first-order valence-electron chi connectivity index (χ1n) is 10.1. The summed E-state index contributed by atoms with van der Waals surface area (Å²) in [5, 5.41) is 6.04. The molecular weight excluding hydrogens is 446 g/mol. The van der Waals surface area contributed by atoms with Crippen LogP contribution in [0.2, 0.25) is 5.02 Å². The molecule has 1 heterocycles. The number of nitrogens with one attached hydrogen (secondary N) is 2. The van der Waals surface area contributed by atoms with Crippen molar-refractivity contribution in [2.75, 3.05) is 35.3 Å². The molecule has 0 saturated heterocycles. The van der Waals surface area contributed by atoms with Crippen LogP contribution >= 0.6 is 11.6 Å². The minimum Gasteiger partial charge on any atom is -0.484 e. The van der Waals surface area contributed by atoms with Gasteiger partial charge in [0.2, 0.25) is 5.91 Å². The molecule has 8 nitrogen and oxygen atoms in total. The quantitative estimate of drug-likeness (QED) is 0.554. The van der Waals surface area contributed by atoms with Gasteiger partial charge in [-0.05, 0) is 54.6 Å². The van der Waals surface area contributed by atoms with Crippen LogP contribution in [0.15, 0.2) is 72.8 Å². The number of para-hydroxylation sites is 1. The molecule has 0 atom stereocenters. The molecule has 0 unspecified atom stereocenters. The van der Waals surface area contributed by atoms with Crippen LogP contribution in [0.1, 0.15) is 0 Å². The number of hydrogen-bond donors (Lipinski definition) is 2. The van der Waals surface area contributed by atoms with Gasteiger partial charge in [0.25, 0.3) is 11.8 Å². The van der Waals surface area contributed by atoms with Crippen LogP contribution in [0, 0.1) is 0 Å². The number of nitrogens with zero attached hydrogens (tertiary/aromatic N) is 1. The molecule has 3 aromatic carbocycles. The van der Waals surface area contributed by atoms with Gasteiger partial charge in [0, 0.05) is 16.4 Å². The van der Waals surface area contributed by atoms with Gasteiger partial charge in [0.05, 0.1) is 5.69 Å². The highest BCUT2D eigenvalue weighted by molar-refractivity contribution is 6.30. The highest BCUT2D eigenvalue weighted by Crippen LogP contribution is 2.34. The average molecular weight is 466 g/mol. The van der Waals surface area contributed by atoms with Gasteiger partial charge in [-0.25, -0.2) is 0 Å². The fourth-order valence-corrected chi connectivity index (χ4v) is 3.32. The number of rotatable bonds is 7. The van der Waals surface area contributed by atoms with Crippen LogP contribution in [0.4, 0.5) is 17.1 Å². The van der Waals surface area contributed by atoms with E-state index in [0.29, 0.717) is 33.6 Å². The van der Waals surface area contributed by atoms with Crippen molar-refractivity contribution in [2.24, 2.45) is 0 Å². The maximum atomic E-state index is 12.5. The SMILES string of the molecule is O=C(COc1ccc(Cl)cc1)Nc1ccc2c(c1)N(CC(=O)Nc1ccccc1)C(=O)CO2. The first-order valence-corrected chi connectivity index (χ1v) is 10.5. The van der Waals surface area contributed by atoms with E-state index in [-0.39, 0.29) is 37.5 Å². The second kappa shape index (κ2) is 10.1. The molecule has 9 heteroatoms. The molecule has 0 aromatic heterocycles. The summed E-state index contributed by atoms with van der Waals surface area (Å²) in [6, 6.07) is 20.5. The molecule has 1 aliphatic heterocycles. The largest absolute Gasteiger partial charge is 0.484 e. The Hall–Kier alpha value is -4.04. The number of hydrogen-bond acceptors (Lipinski definition) is 5. The zero-order chi connectivity index (χ0) is 23.2. The van der Waals surface area contributed by atoms with E-state index in [0.717, 1.165) is 0 Å². The number of carbonyl (C=O) groups excluding carboxylic acids is 3. The Morgan fingerprint density at radius 2 is 1.67 bits per heavy atom. The molecule has 4 rings (SSSR count). The molecule has 0 bridgehead atoms. The summed E-state index contributed by atoms with van der Waals surface area (Å²) in [5.41, 5.74) is 1.46. The van der Waals surface area contributed by atoms with Gasteiger partial charge in [0.15, 0.2) is 13.2 Å². The predicted octanol–water partition coefficient (Wildman–Crippen LogP) is 3.72. The number of benzene rings is 3. The molecule has 0 spiro atoms. The Morgan fingerprint density at radius 1 is 0.939 bits per heavy atom. The number of amides is 3. The topological polar surface area (TPSA) is 97.0 Å². The van der Waals surface area contributed by atoms with Crippen molar-refractivity contribution in [2.45, 2.75) is 0 Å². The molecule has 0 saturated carbocycles. The zero-order valence-electron chi connectivity index (χ0n) is 17.4. The van der Waals surface area contributed by atoms with E-state index >= 15 is 0 Å². The third-order valence-corrected chi connectivity index (χ3v) is 4.98. The Labute approximate surface area is 195 Å². The van der Waals surface area contributed by atoms with E-state index in [1.54, 1.807) is 66.7 Å². The first kappa shape index (κ1) is 22.2. The zero-order valence-corrected chi connectivity index (χ0v) is 18.2. The van der Waals surface area contributed by atoms with Crippen molar-refractivity contribution in [3.63, 3.8) is 0 Å². The van der Waals surface area contributed by atoms with E-state index in [9.17, 15) is 14.4 Å². The van der Waals surface area contributed by atoms with Crippen molar-refractivity contribution in [1.82, 2.24) is 0 Å². The monoisotopic (exact) mass is 465 g/mol. The third kappa shape index (κ3) is 5.81. The molecule has 3 aromatic rings. The van der Waals surface area contributed by atoms with E-state index in [2.05, 4.69) is 10.6 Å². The van der Waals surface area contributed by atoms with Gasteiger partial charge in [-0.2, -0.15) is 0 Å². The standard InChI is InChI=1S/C24H20ClN3O5/c25-16-6-9-19(10-7-16)32-14-23(30)27-18-8-11-21-20(12-18)28(24(31)15-33-21)13-22(29)26-17-4-2-1-3-5-17/h1-12H,13-15H2,(H,26,29)(H,27,30). The Bertz CT molecular complexity index is 1170. The molecule has 0 aliphatic carbocycles. The van der Waals surface area contributed by atoms with Crippen molar-refractivity contribution >= 4 is 46.4 Å². The summed E-state index contributed by atoms with van der Waals surface area (Å²) in [6.07, 6.45) is 0. The van der Waals surface area contributed by atoms with Crippen molar-refractivity contribution in [3.8, 4) is 11.5 Å². The number of halogens is 1. The van der Waals surface area contributed by atoms with Crippen LogP contribution < -0.4 is 25.0 Å². The van der Waals surface area contributed by atoms with E-state index in [1.165, 1.54) is 4.90 Å². The van der Waals surface area contributed by atoms with Gasteiger partial charge in [0.1, 0.15) is 18.0 Å². The lowest BCUT2D eigenvalue weighted by Gasteiger charge is -2.29. The highest BCUT2D eigenvalue weighted by atomic mass is 35.5. The number of anilines is 3. The van der Waals surface area contributed by atoms with Crippen molar-refractivity contribution < 1.29 is 23.9 Å². The van der Waals surface area contributed by atoms with Crippen LogP contribution in [-0.4, -0.2) is 37.5 Å². The van der Waals surface area contributed by atoms with Crippen LogP contribution in [0.3, 0.4) is 0 Å². The fraction of sp³-hybridized carbons (Fsp3) is 0.125. The van der Waals surface area contributed by atoms with Gasteiger partial charge in [-0.3, -0.25) is 19.3 Å². The lowest BCUT2D eigenvalue weighted by Crippen LogP contribution is -2.43. The maximum absolute atomic E-state index is 12.5. The summed E-state index contributed by atoms with van der Waals surface area (Å²) in [5.74, 6) is -0.151. The third-order valence-electron chi connectivity index (χ3n) is 4.73. The van der Waals surface area contributed by atoms with E-state index < -0.39 is 0 Å². The minimum absolute atomic E-state index is 0.174. The molecule has 0 radical (unpaired) electrons. The van der Waals surface area contributed by atoms with Gasteiger partial charge in [-0.1, -0.05) is 29.8 Å². The van der Waals surface area contributed by atoms with Gasteiger partial charge >= 0.3 is 0 Å². The normalized spacial score (nSPS) is 12.4. The molecule has 33 heavy (non-hydrogen) atoms. The van der Waals surface area contributed by atoms with Gasteiger partial charge in [-0.15, -0.1) is 0 Å². The maximum Gasteiger partial charge on any atom is 0.265 e. The average Bonchev–Trinajstić information content (AvgIpc) is 2.81. The second-order valence-corrected chi connectivity index (χ2v) is 7.59. The summed E-state index contributed by atoms with van der Waals surface area (Å²) in [7, 11) is 0. The summed E-state index contributed by atoms with van der Waals surface area (Å²) in [6.45, 7) is -0.579. The predicted molar refractivity (Wildman–Crippen MR) is 125 cm³/mol. The summed E-state index contributed by atoms with van der Waals surface area (Å²) in [4.78, 5) is 38.6. The molecule has 0 fully saturated rings. The number of carbonyl (C=O) groups is 3. The molecule has 2 N–H and O–H groups in total. The van der Waals surface area contributed by atoms with Crippen molar-refractivity contribution in [1.29, 1.82) is 0 Å². The summed E-state index contributed by atoms with van der Waals surface area (Å²) < 4.78 is 10.9. The fourth-order valence-electron chi connectivity index (χ4n) is 3.20. The Morgan fingerprint density at radius 3 is 2.42 bits per heavy atom. The van der Waals surface area contributed by atoms with Crippen LogP contribution in [0.25, 0.3) is 0 Å². The minimum atomic E-state index is -0.388. The lowest BCUT2D eigenvalue weighted by atomic mass is 10.2. The second-order valence-electron chi connectivity index (χ2n) is 7.16. The van der Waals surface area contributed by atoms with E-state index in [1.807, 2.05) is 6.07 Å². The number of ether oxygens (including phenoxy) is 2. The molecule has 168 valence electrons. The highest BCUT2D eigenvalue weighted by Gasteiger charge is 2.28. The smallest absolute Gasteiger partial charge is 0.265 e. The van der Waals surface area contributed by atoms with E-state index in [4.69, 9.17) is 21.1 Å². The molecule has 3 amide bonds. The molecular formula is C24H20ClN3O5.